The van der Waals surface area contributed by atoms with E-state index in [0.717, 1.165) is 11.4 Å². The second kappa shape index (κ2) is 7.31. The minimum absolute atomic E-state index is 0.0370. The summed E-state index contributed by atoms with van der Waals surface area (Å²) in [5.74, 6) is 0.875. The smallest absolute Gasteiger partial charge is 0.311 e. The molecule has 0 radical (unpaired) electrons. The maximum Gasteiger partial charge on any atom is 0.311 e. The molecule has 0 fully saturated rings. The first-order chi connectivity index (χ1) is 13.6. The Morgan fingerprint density at radius 3 is 2.75 bits per heavy atom. The molecule has 0 aliphatic carbocycles. The maximum absolute atomic E-state index is 11.4. The van der Waals surface area contributed by atoms with Crippen molar-refractivity contribution in [2.45, 2.75) is 6.61 Å². The minimum Gasteiger partial charge on any atom is -0.497 e. The molecule has 0 unspecified atom stereocenters. The molecule has 2 aromatic carbocycles. The van der Waals surface area contributed by atoms with Crippen LogP contribution in [-0.2, 0) is 6.61 Å². The van der Waals surface area contributed by atoms with Crippen LogP contribution in [0.1, 0.15) is 5.69 Å². The Kier molecular flexibility index (Phi) is 4.55. The number of rotatable bonds is 6. The lowest BCUT2D eigenvalue weighted by Gasteiger charge is -2.06. The van der Waals surface area contributed by atoms with Crippen molar-refractivity contribution < 1.29 is 14.4 Å². The lowest BCUT2D eigenvalue weighted by Crippen LogP contribution is -2.00. The summed E-state index contributed by atoms with van der Waals surface area (Å²) in [6, 6.07) is 13.8. The lowest BCUT2D eigenvalue weighted by molar-refractivity contribution is -0.385. The zero-order valence-corrected chi connectivity index (χ0v) is 14.8. The van der Waals surface area contributed by atoms with E-state index in [1.54, 1.807) is 42.4 Å². The van der Waals surface area contributed by atoms with Crippen LogP contribution < -0.4 is 9.47 Å². The first-order valence-electron chi connectivity index (χ1n) is 8.35. The lowest BCUT2D eigenvalue weighted by atomic mass is 10.2. The number of methoxy groups -OCH3 is 1. The predicted molar refractivity (Wildman–Crippen MR) is 101 cm³/mol. The number of benzene rings is 2. The molecule has 0 saturated carbocycles. The molecule has 2 heterocycles. The third kappa shape index (κ3) is 3.45. The van der Waals surface area contributed by atoms with E-state index in [0.29, 0.717) is 16.6 Å². The highest BCUT2D eigenvalue weighted by atomic mass is 16.6. The summed E-state index contributed by atoms with van der Waals surface area (Å²) in [7, 11) is 1.60. The summed E-state index contributed by atoms with van der Waals surface area (Å²) in [5.41, 5.74) is 1.83. The van der Waals surface area contributed by atoms with Gasteiger partial charge in [-0.1, -0.05) is 11.3 Å². The van der Waals surface area contributed by atoms with Crippen LogP contribution in [0.3, 0.4) is 0 Å². The van der Waals surface area contributed by atoms with Crippen molar-refractivity contribution >= 4 is 16.6 Å². The number of pyridine rings is 1. The molecule has 4 rings (SSSR count). The van der Waals surface area contributed by atoms with E-state index in [1.165, 1.54) is 6.07 Å². The summed E-state index contributed by atoms with van der Waals surface area (Å²) in [6.45, 7) is 0.0370. The predicted octanol–water partition coefficient (Wildman–Crippen LogP) is 3.31. The quantitative estimate of drug-likeness (QED) is 0.375. The van der Waals surface area contributed by atoms with E-state index in [4.69, 9.17) is 9.47 Å². The van der Waals surface area contributed by atoms with Crippen molar-refractivity contribution in [1.29, 1.82) is 0 Å². The third-order valence-corrected chi connectivity index (χ3v) is 4.13. The van der Waals surface area contributed by atoms with Crippen LogP contribution in [-0.4, -0.2) is 32.0 Å². The van der Waals surface area contributed by atoms with E-state index in [9.17, 15) is 10.1 Å². The molecule has 0 N–H and O–H groups in total. The van der Waals surface area contributed by atoms with Gasteiger partial charge < -0.3 is 9.47 Å². The van der Waals surface area contributed by atoms with Crippen molar-refractivity contribution in [3.05, 3.63) is 76.7 Å². The van der Waals surface area contributed by atoms with Crippen molar-refractivity contribution in [2.75, 3.05) is 7.11 Å². The Balaban J connectivity index is 1.55. The fourth-order valence-electron chi connectivity index (χ4n) is 2.72. The molecule has 0 atom stereocenters. The Hall–Kier alpha value is -4.01. The van der Waals surface area contributed by atoms with Gasteiger partial charge >= 0.3 is 5.69 Å². The summed E-state index contributed by atoms with van der Waals surface area (Å²) in [4.78, 5) is 15.1. The zero-order valence-electron chi connectivity index (χ0n) is 14.8. The van der Waals surface area contributed by atoms with E-state index in [-0.39, 0.29) is 18.0 Å². The molecule has 0 amide bonds. The summed E-state index contributed by atoms with van der Waals surface area (Å²) in [5, 5.41) is 20.2. The number of nitrogens with zero attached hydrogens (tertiary/aromatic N) is 5. The van der Waals surface area contributed by atoms with Gasteiger partial charge in [-0.15, -0.1) is 5.10 Å². The molecule has 0 saturated heterocycles. The van der Waals surface area contributed by atoms with E-state index < -0.39 is 4.92 Å². The highest BCUT2D eigenvalue weighted by molar-refractivity contribution is 5.83. The second-order valence-corrected chi connectivity index (χ2v) is 5.91. The zero-order chi connectivity index (χ0) is 19.5. The van der Waals surface area contributed by atoms with Gasteiger partial charge in [0.1, 0.15) is 18.1 Å². The van der Waals surface area contributed by atoms with E-state index in [1.807, 2.05) is 24.3 Å². The van der Waals surface area contributed by atoms with Crippen LogP contribution in [0.4, 0.5) is 5.69 Å². The van der Waals surface area contributed by atoms with Gasteiger partial charge in [-0.25, -0.2) is 4.68 Å². The average Bonchev–Trinajstić information content (AvgIpc) is 3.20. The summed E-state index contributed by atoms with van der Waals surface area (Å²) < 4.78 is 12.4. The molecule has 2 aromatic heterocycles. The fourth-order valence-corrected chi connectivity index (χ4v) is 2.72. The van der Waals surface area contributed by atoms with Crippen molar-refractivity contribution in [3.8, 4) is 17.2 Å². The van der Waals surface area contributed by atoms with E-state index >= 15 is 0 Å². The number of nitro benzene ring substituents is 1. The number of nitro groups is 1. The van der Waals surface area contributed by atoms with Crippen LogP contribution in [0.15, 0.2) is 60.9 Å². The topological polar surface area (TPSA) is 105 Å². The van der Waals surface area contributed by atoms with Crippen molar-refractivity contribution in [2.24, 2.45) is 0 Å². The fraction of sp³-hybridized carbons (Fsp3) is 0.105. The SMILES string of the molecule is COc1ccc(-n2cc(COc3cc4ncccc4cc3[N+](=O)[O-])nn2)cc1. The normalized spacial score (nSPS) is 10.8. The number of aromatic nitrogens is 4. The van der Waals surface area contributed by atoms with Gasteiger partial charge in [-0.05, 0) is 30.3 Å². The van der Waals surface area contributed by atoms with Crippen LogP contribution in [0, 0.1) is 10.1 Å². The van der Waals surface area contributed by atoms with E-state index in [2.05, 4.69) is 15.3 Å². The Morgan fingerprint density at radius 2 is 2.00 bits per heavy atom. The molecular formula is C19H15N5O4. The van der Waals surface area contributed by atoms with Gasteiger partial charge in [0.05, 0.1) is 29.4 Å². The van der Waals surface area contributed by atoms with Crippen molar-refractivity contribution in [1.82, 2.24) is 20.0 Å². The molecule has 0 aliphatic rings. The molecule has 0 aliphatic heterocycles. The van der Waals surface area contributed by atoms with Gasteiger partial charge in [0.2, 0.25) is 0 Å². The van der Waals surface area contributed by atoms with Crippen LogP contribution in [0.25, 0.3) is 16.6 Å². The number of hydrogen-bond donors (Lipinski definition) is 0. The highest BCUT2D eigenvalue weighted by Crippen LogP contribution is 2.31. The first kappa shape index (κ1) is 17.4. The number of ether oxygens (including phenoxy) is 2. The molecule has 28 heavy (non-hydrogen) atoms. The average molecular weight is 377 g/mol. The molecule has 9 heteroatoms. The Morgan fingerprint density at radius 1 is 1.18 bits per heavy atom. The van der Waals surface area contributed by atoms with Crippen molar-refractivity contribution in [3.63, 3.8) is 0 Å². The molecule has 0 spiro atoms. The highest BCUT2D eigenvalue weighted by Gasteiger charge is 2.17. The summed E-state index contributed by atoms with van der Waals surface area (Å²) in [6.07, 6.45) is 3.32. The Bertz CT molecular complexity index is 1140. The molecule has 140 valence electrons. The van der Waals surface area contributed by atoms with Gasteiger partial charge in [0, 0.05) is 23.7 Å². The molecule has 9 nitrogen and oxygen atoms in total. The monoisotopic (exact) mass is 377 g/mol. The molecule has 0 bridgehead atoms. The first-order valence-corrected chi connectivity index (χ1v) is 8.35. The van der Waals surface area contributed by atoms with Gasteiger partial charge in [-0.2, -0.15) is 0 Å². The minimum atomic E-state index is -0.476. The van der Waals surface area contributed by atoms with Gasteiger partial charge in [0.15, 0.2) is 5.75 Å². The maximum atomic E-state index is 11.4. The van der Waals surface area contributed by atoms with Gasteiger partial charge in [0.25, 0.3) is 0 Å². The number of hydrogen-bond acceptors (Lipinski definition) is 7. The standard InChI is InChI=1S/C19H15N5O4/c1-27-16-6-4-15(5-7-16)23-11-14(21-22-23)12-28-19-10-17-13(3-2-8-20-17)9-18(19)24(25)26/h2-11H,12H2,1H3. The summed E-state index contributed by atoms with van der Waals surface area (Å²) >= 11 is 0. The second-order valence-electron chi connectivity index (χ2n) is 5.91. The largest absolute Gasteiger partial charge is 0.497 e. The molecular weight excluding hydrogens is 362 g/mol. The number of fused-ring (bicyclic) bond motifs is 1. The third-order valence-electron chi connectivity index (χ3n) is 4.13. The van der Waals surface area contributed by atoms with Crippen LogP contribution in [0.5, 0.6) is 11.5 Å². The van der Waals surface area contributed by atoms with Crippen LogP contribution in [0.2, 0.25) is 0 Å². The van der Waals surface area contributed by atoms with Crippen LogP contribution >= 0.6 is 0 Å². The Labute approximate surface area is 159 Å². The van der Waals surface area contributed by atoms with Gasteiger partial charge in [-0.3, -0.25) is 15.1 Å². The molecule has 4 aromatic rings.